The van der Waals surface area contributed by atoms with E-state index in [0.29, 0.717) is 13.0 Å². The summed E-state index contributed by atoms with van der Waals surface area (Å²) >= 11 is 0. The highest BCUT2D eigenvalue weighted by molar-refractivity contribution is 6.38. The van der Waals surface area contributed by atoms with Gasteiger partial charge in [0.25, 0.3) is 11.8 Å². The minimum Gasteiger partial charge on any atom is -0.346 e. The smallest absolute Gasteiger partial charge is 0.289 e. The lowest BCUT2D eigenvalue weighted by Crippen LogP contribution is -2.64. The molecule has 0 aromatic carbocycles. The van der Waals surface area contributed by atoms with Crippen molar-refractivity contribution in [3.8, 4) is 0 Å². The lowest BCUT2D eigenvalue weighted by Gasteiger charge is -2.42. The maximum Gasteiger partial charge on any atom is 0.289 e. The van der Waals surface area contributed by atoms with Crippen LogP contribution in [-0.4, -0.2) is 87.4 Å². The molecule has 1 aromatic heterocycles. The number of fused-ring (bicyclic) bond motifs is 1. The quantitative estimate of drug-likeness (QED) is 0.159. The maximum absolute atomic E-state index is 14.6. The number of hydrogen-bond donors (Lipinski definition) is 4. The summed E-state index contributed by atoms with van der Waals surface area (Å²) in [4.78, 5) is 91.9. The van der Waals surface area contributed by atoms with Crippen LogP contribution >= 0.6 is 0 Å². The van der Waals surface area contributed by atoms with Crippen molar-refractivity contribution in [2.24, 2.45) is 28.1 Å². The fourth-order valence-electron chi connectivity index (χ4n) is 8.02. The number of carbonyl (C=O) groups excluding carboxylic acids is 6. The van der Waals surface area contributed by atoms with Gasteiger partial charge in [-0.2, -0.15) is 0 Å². The highest BCUT2D eigenvalue weighted by Crippen LogP contribution is 2.65. The van der Waals surface area contributed by atoms with E-state index >= 15 is 0 Å². The van der Waals surface area contributed by atoms with Gasteiger partial charge in [-0.25, -0.2) is 4.98 Å². The van der Waals surface area contributed by atoms with Gasteiger partial charge in [-0.3, -0.25) is 33.8 Å². The Bertz CT molecular complexity index is 1480. The van der Waals surface area contributed by atoms with Crippen molar-refractivity contribution in [3.05, 3.63) is 36.9 Å². The number of piperidine rings is 1. The fourth-order valence-corrected chi connectivity index (χ4v) is 8.02. The Balaban J connectivity index is 1.60. The van der Waals surface area contributed by atoms with Gasteiger partial charge in [0.05, 0.1) is 12.2 Å². The molecule has 1 aliphatic heterocycles. The van der Waals surface area contributed by atoms with Gasteiger partial charge in [-0.15, -0.1) is 6.58 Å². The number of hydrogen-bond acceptors (Lipinski definition) is 8. The number of likely N-dealkylation sites (tertiary alicyclic amines) is 1. The first kappa shape index (κ1) is 39.6. The summed E-state index contributed by atoms with van der Waals surface area (Å²) in [5.74, 6) is -3.56. The molecule has 51 heavy (non-hydrogen) atoms. The molecule has 6 atom stereocenters. The van der Waals surface area contributed by atoms with E-state index in [0.717, 1.165) is 38.5 Å². The van der Waals surface area contributed by atoms with E-state index in [4.69, 9.17) is 0 Å². The molecule has 280 valence electrons. The van der Waals surface area contributed by atoms with Crippen LogP contribution in [0, 0.1) is 28.1 Å². The average Bonchev–Trinajstić information content (AvgIpc) is 3.39. The van der Waals surface area contributed by atoms with Crippen molar-refractivity contribution in [1.82, 2.24) is 36.1 Å². The van der Waals surface area contributed by atoms with Crippen molar-refractivity contribution in [2.75, 3.05) is 13.1 Å². The minimum atomic E-state index is -1.05. The molecule has 5 amide bonds. The molecule has 0 spiro atoms. The molecule has 0 radical (unpaired) electrons. The molecule has 4 rings (SSSR count). The van der Waals surface area contributed by atoms with E-state index in [1.165, 1.54) is 24.7 Å². The van der Waals surface area contributed by atoms with E-state index in [9.17, 15) is 28.8 Å². The second-order valence-electron chi connectivity index (χ2n) is 16.5. The number of nitrogens with one attached hydrogen (secondary N) is 4. The Morgan fingerprint density at radius 3 is 2.29 bits per heavy atom. The molecule has 4 N–H and O–H groups in total. The van der Waals surface area contributed by atoms with Gasteiger partial charge in [-0.05, 0) is 47.3 Å². The second kappa shape index (κ2) is 16.0. The van der Waals surface area contributed by atoms with Crippen molar-refractivity contribution < 1.29 is 28.8 Å². The molecule has 13 nitrogen and oxygen atoms in total. The number of aromatic nitrogens is 2. The number of ketones is 1. The molecule has 0 bridgehead atoms. The van der Waals surface area contributed by atoms with Crippen LogP contribution in [0.15, 0.2) is 31.2 Å². The Morgan fingerprint density at radius 2 is 1.71 bits per heavy atom. The fraction of sp³-hybridized carbons (Fsp3) is 0.684. The first-order chi connectivity index (χ1) is 24.0. The lowest BCUT2D eigenvalue weighted by molar-refractivity contribution is -0.147. The van der Waals surface area contributed by atoms with E-state index in [2.05, 4.69) is 51.7 Å². The highest BCUT2D eigenvalue weighted by atomic mass is 16.2. The summed E-state index contributed by atoms with van der Waals surface area (Å²) in [5, 5.41) is 11.3. The molecule has 2 heterocycles. The molecule has 1 saturated heterocycles. The van der Waals surface area contributed by atoms with Crippen molar-refractivity contribution in [2.45, 2.75) is 124 Å². The highest BCUT2D eigenvalue weighted by Gasteiger charge is 2.70. The zero-order chi connectivity index (χ0) is 37.7. The number of carbonyl (C=O) groups is 6. The number of unbranched alkanes of at least 4 members (excludes halogenated alkanes) is 1. The third kappa shape index (κ3) is 8.84. The van der Waals surface area contributed by atoms with Crippen LogP contribution in [0.2, 0.25) is 0 Å². The lowest BCUT2D eigenvalue weighted by atomic mass is 9.70. The minimum absolute atomic E-state index is 0.0503. The summed E-state index contributed by atoms with van der Waals surface area (Å²) < 4.78 is 0. The van der Waals surface area contributed by atoms with Crippen LogP contribution in [-0.2, 0) is 24.0 Å². The molecule has 3 aliphatic rings. The van der Waals surface area contributed by atoms with Crippen molar-refractivity contribution >= 4 is 35.3 Å². The molecular formula is C38H57N7O6. The van der Waals surface area contributed by atoms with Gasteiger partial charge in [-0.1, -0.05) is 86.6 Å². The van der Waals surface area contributed by atoms with Gasteiger partial charge >= 0.3 is 0 Å². The second-order valence-corrected chi connectivity index (χ2v) is 16.5. The van der Waals surface area contributed by atoms with Crippen LogP contribution < -0.4 is 21.3 Å². The SMILES string of the molecule is C=CCNC(=O)C(=O)C(CCCC)NC(=O)[C@@H]1C2C(CN1C(=O)[C@@H](NC(=O)[C@@H](NC(=O)c1cnccn1)C1(C)CCCCC1)C(C)(C)C)C2(C)C. The van der Waals surface area contributed by atoms with Gasteiger partial charge in [0.2, 0.25) is 23.5 Å². The first-order valence-electron chi connectivity index (χ1n) is 18.4. The molecule has 3 unspecified atom stereocenters. The normalized spacial score (nSPS) is 23.4. The molecule has 1 aromatic rings. The zero-order valence-electron chi connectivity index (χ0n) is 31.3. The van der Waals surface area contributed by atoms with E-state index in [-0.39, 0.29) is 35.9 Å². The monoisotopic (exact) mass is 707 g/mol. The molecule has 2 aliphatic carbocycles. The Labute approximate surface area is 302 Å². The molecule has 2 saturated carbocycles. The van der Waals surface area contributed by atoms with Crippen molar-refractivity contribution in [3.63, 3.8) is 0 Å². The number of nitrogens with zero attached hydrogens (tertiary/aromatic N) is 3. The maximum atomic E-state index is 14.6. The van der Waals surface area contributed by atoms with E-state index in [1.54, 1.807) is 4.90 Å². The Kier molecular flexibility index (Phi) is 12.4. The predicted molar refractivity (Wildman–Crippen MR) is 192 cm³/mol. The van der Waals surface area contributed by atoms with Gasteiger partial charge in [0, 0.05) is 25.5 Å². The van der Waals surface area contributed by atoms with Crippen molar-refractivity contribution in [1.29, 1.82) is 0 Å². The van der Waals surface area contributed by atoms with Crippen LogP contribution in [0.4, 0.5) is 0 Å². The third-order valence-electron chi connectivity index (χ3n) is 11.3. The molecule has 3 fully saturated rings. The summed E-state index contributed by atoms with van der Waals surface area (Å²) in [6.45, 7) is 17.6. The van der Waals surface area contributed by atoms with E-state index in [1.807, 2.05) is 34.6 Å². The van der Waals surface area contributed by atoms with Gasteiger partial charge < -0.3 is 26.2 Å². The average molecular weight is 708 g/mol. The predicted octanol–water partition coefficient (Wildman–Crippen LogP) is 3.11. The van der Waals surface area contributed by atoms with Crippen LogP contribution in [0.25, 0.3) is 0 Å². The molecular weight excluding hydrogens is 650 g/mol. The standard InChI is InChI=1S/C38H57N7O6/c1-9-11-15-24(28(46)33(49)41-18-10-2)42-32(48)27-26-23(37(26,6)7)22-45(27)35(51)30(36(3,4)5)44-34(50)29(38(8)16-13-12-14-17-38)43-31(47)25-21-39-19-20-40-25/h10,19-21,23-24,26-27,29-30H,2,9,11-18,22H2,1,3-8H3,(H,41,49)(H,42,48)(H,43,47)(H,44,50)/t23?,24?,26?,27-,29+,30+/m0/s1. The van der Waals surface area contributed by atoms with Gasteiger partial charge in [0.15, 0.2) is 0 Å². The molecule has 13 heteroatoms. The summed E-state index contributed by atoms with van der Waals surface area (Å²) in [7, 11) is 0. The van der Waals surface area contributed by atoms with Crippen LogP contribution in [0.3, 0.4) is 0 Å². The van der Waals surface area contributed by atoms with Crippen LogP contribution in [0.1, 0.15) is 110 Å². The number of amides is 5. The Morgan fingerprint density at radius 1 is 1.02 bits per heavy atom. The first-order valence-corrected chi connectivity index (χ1v) is 18.4. The summed E-state index contributed by atoms with van der Waals surface area (Å²) in [5.41, 5.74) is -1.47. The van der Waals surface area contributed by atoms with Crippen LogP contribution in [0.5, 0.6) is 0 Å². The largest absolute Gasteiger partial charge is 0.346 e. The number of Topliss-reactive ketones (excluding diaryl/α,β-unsaturated/α-hetero) is 1. The topological polar surface area (TPSA) is 180 Å². The third-order valence-corrected chi connectivity index (χ3v) is 11.3. The zero-order valence-corrected chi connectivity index (χ0v) is 31.3. The summed E-state index contributed by atoms with van der Waals surface area (Å²) in [6, 6.07) is -3.93. The number of rotatable bonds is 15. The van der Waals surface area contributed by atoms with Gasteiger partial charge in [0.1, 0.15) is 23.8 Å². The van der Waals surface area contributed by atoms with E-state index < -0.39 is 70.3 Å². The Hall–Kier alpha value is -4.16. The summed E-state index contributed by atoms with van der Waals surface area (Å²) in [6.07, 6.45) is 11.6.